The largest absolute Gasteiger partial charge is 0.387 e. The maximum absolute atomic E-state index is 11.4. The lowest BCUT2D eigenvalue weighted by Crippen LogP contribution is -2.78. The maximum atomic E-state index is 11.4. The third-order valence-corrected chi connectivity index (χ3v) is 6.04. The molecule has 0 saturated carbocycles. The number of hydrogen-bond acceptors (Lipinski definition) is 4. The van der Waals surface area contributed by atoms with E-state index in [9.17, 15) is 5.11 Å². The zero-order chi connectivity index (χ0) is 12.9. The maximum Gasteiger partial charge on any atom is 0.0958 e. The monoisotopic (exact) mass is 265 g/mol. The average molecular weight is 265 g/mol. The van der Waals surface area contributed by atoms with E-state index in [0.29, 0.717) is 24.2 Å². The van der Waals surface area contributed by atoms with Crippen LogP contribution in [0.1, 0.15) is 44.9 Å². The molecule has 0 radical (unpaired) electrons. The predicted molar refractivity (Wildman–Crippen MR) is 74.8 cm³/mol. The van der Waals surface area contributed by atoms with E-state index in [0.717, 1.165) is 25.9 Å². The summed E-state index contributed by atoms with van der Waals surface area (Å²) in [5, 5.41) is 18.8. The molecule has 4 heteroatoms. The van der Waals surface area contributed by atoms with Gasteiger partial charge in [0.25, 0.3) is 0 Å². The molecule has 19 heavy (non-hydrogen) atoms. The molecule has 0 unspecified atom stereocenters. The van der Waals surface area contributed by atoms with E-state index in [4.69, 9.17) is 0 Å². The summed E-state index contributed by atoms with van der Waals surface area (Å²) in [6.07, 6.45) is 8.92. The van der Waals surface area contributed by atoms with Gasteiger partial charge in [-0.2, -0.15) is 0 Å². The minimum absolute atomic E-state index is 0.318. The second kappa shape index (κ2) is 4.69. The van der Waals surface area contributed by atoms with Crippen LogP contribution in [0.4, 0.5) is 0 Å². The lowest BCUT2D eigenvalue weighted by atomic mass is 9.65. The van der Waals surface area contributed by atoms with Crippen LogP contribution in [0, 0.1) is 5.92 Å². The highest BCUT2D eigenvalue weighted by atomic mass is 16.3. The number of nitrogens with one attached hydrogen (secondary N) is 2. The molecular formula is C15H27N3O. The molecule has 0 aromatic heterocycles. The number of hydrogen-bond donors (Lipinski definition) is 3. The van der Waals surface area contributed by atoms with Gasteiger partial charge in [-0.1, -0.05) is 6.42 Å². The van der Waals surface area contributed by atoms with E-state index in [1.165, 1.54) is 38.6 Å². The summed E-state index contributed by atoms with van der Waals surface area (Å²) in [5.74, 6) is 0.591. The molecule has 4 fully saturated rings. The molecule has 0 aliphatic carbocycles. The molecule has 4 aliphatic rings. The Hall–Kier alpha value is -0.160. The fraction of sp³-hybridized carbons (Fsp3) is 1.00. The van der Waals surface area contributed by atoms with Crippen LogP contribution in [0.3, 0.4) is 0 Å². The van der Waals surface area contributed by atoms with Crippen LogP contribution < -0.4 is 10.6 Å². The first-order valence-electron chi connectivity index (χ1n) is 8.25. The van der Waals surface area contributed by atoms with Crippen molar-refractivity contribution >= 4 is 0 Å². The number of rotatable bonds is 0. The lowest BCUT2D eigenvalue weighted by Gasteiger charge is -2.62. The highest BCUT2D eigenvalue weighted by Crippen LogP contribution is 2.45. The van der Waals surface area contributed by atoms with Gasteiger partial charge >= 0.3 is 0 Å². The zero-order valence-corrected chi connectivity index (χ0v) is 11.8. The molecule has 108 valence electrons. The third-order valence-electron chi connectivity index (χ3n) is 6.04. The lowest BCUT2D eigenvalue weighted by molar-refractivity contribution is -0.182. The summed E-state index contributed by atoms with van der Waals surface area (Å²) in [4.78, 5) is 2.62. The van der Waals surface area contributed by atoms with Crippen molar-refractivity contribution in [1.82, 2.24) is 15.5 Å². The normalized spacial score (nSPS) is 51.0. The molecule has 0 aromatic carbocycles. The van der Waals surface area contributed by atoms with Gasteiger partial charge in [-0.15, -0.1) is 0 Å². The Morgan fingerprint density at radius 1 is 1.00 bits per heavy atom. The molecule has 0 spiro atoms. The first-order valence-corrected chi connectivity index (χ1v) is 8.25. The predicted octanol–water partition coefficient (Wildman–Crippen LogP) is 0.663. The Bertz CT molecular complexity index is 328. The van der Waals surface area contributed by atoms with Gasteiger partial charge < -0.3 is 15.7 Å². The van der Waals surface area contributed by atoms with E-state index >= 15 is 0 Å². The van der Waals surface area contributed by atoms with Crippen LogP contribution in [0.15, 0.2) is 0 Å². The fourth-order valence-electron chi connectivity index (χ4n) is 5.29. The smallest absolute Gasteiger partial charge is 0.0958 e. The molecule has 4 heterocycles. The van der Waals surface area contributed by atoms with Gasteiger partial charge in [-0.05, 0) is 51.6 Å². The highest BCUT2D eigenvalue weighted by Gasteiger charge is 2.58. The quantitative estimate of drug-likeness (QED) is 0.602. The van der Waals surface area contributed by atoms with E-state index < -0.39 is 5.60 Å². The molecule has 0 aromatic rings. The third kappa shape index (κ3) is 1.80. The Morgan fingerprint density at radius 2 is 1.89 bits per heavy atom. The van der Waals surface area contributed by atoms with Crippen LogP contribution in [0.2, 0.25) is 0 Å². The van der Waals surface area contributed by atoms with Crippen molar-refractivity contribution in [2.45, 2.75) is 68.8 Å². The SMILES string of the molecule is O[C@]12CCCN[C@H]1[C@@H]1CCCN[C@@H]1N1CCCC[C@@H]12. The van der Waals surface area contributed by atoms with Crippen molar-refractivity contribution in [3.8, 4) is 0 Å². The second-order valence-electron chi connectivity index (χ2n) is 6.98. The van der Waals surface area contributed by atoms with E-state index in [1.54, 1.807) is 0 Å². The molecule has 5 atom stereocenters. The minimum Gasteiger partial charge on any atom is -0.387 e. The first-order chi connectivity index (χ1) is 9.31. The van der Waals surface area contributed by atoms with Crippen molar-refractivity contribution in [2.75, 3.05) is 19.6 Å². The second-order valence-corrected chi connectivity index (χ2v) is 6.98. The van der Waals surface area contributed by atoms with Crippen molar-refractivity contribution in [1.29, 1.82) is 0 Å². The van der Waals surface area contributed by atoms with E-state index in [2.05, 4.69) is 15.5 Å². The average Bonchev–Trinajstić information content (AvgIpc) is 2.48. The number of aliphatic hydroxyl groups is 1. The van der Waals surface area contributed by atoms with Crippen molar-refractivity contribution < 1.29 is 5.11 Å². The summed E-state index contributed by atoms with van der Waals surface area (Å²) in [7, 11) is 0. The zero-order valence-electron chi connectivity index (χ0n) is 11.8. The molecule has 4 aliphatic heterocycles. The number of fused-ring (bicyclic) bond motifs is 6. The Morgan fingerprint density at radius 3 is 2.84 bits per heavy atom. The Balaban J connectivity index is 1.71. The van der Waals surface area contributed by atoms with Crippen LogP contribution in [0.5, 0.6) is 0 Å². The number of piperidine rings is 4. The van der Waals surface area contributed by atoms with Gasteiger partial charge in [0.05, 0.1) is 11.8 Å². The summed E-state index contributed by atoms with van der Waals surface area (Å²) in [5.41, 5.74) is -0.473. The van der Waals surface area contributed by atoms with Gasteiger partial charge in [-0.3, -0.25) is 4.90 Å². The first kappa shape index (κ1) is 12.6. The summed E-state index contributed by atoms with van der Waals surface area (Å²) in [6, 6.07) is 0.698. The molecule has 4 nitrogen and oxygen atoms in total. The molecule has 4 saturated heterocycles. The van der Waals surface area contributed by atoms with E-state index in [-0.39, 0.29) is 0 Å². The van der Waals surface area contributed by atoms with Crippen LogP contribution in [-0.4, -0.2) is 53.5 Å². The Labute approximate surface area is 115 Å². The number of nitrogens with zero attached hydrogens (tertiary/aromatic N) is 1. The van der Waals surface area contributed by atoms with Gasteiger partial charge in [-0.25, -0.2) is 0 Å². The molecule has 0 amide bonds. The Kier molecular flexibility index (Phi) is 3.10. The van der Waals surface area contributed by atoms with Gasteiger partial charge in [0.15, 0.2) is 0 Å². The summed E-state index contributed by atoms with van der Waals surface area (Å²) in [6.45, 7) is 3.41. The standard InChI is InChI=1S/C15H27N3O/c19-15-7-4-9-16-13(15)11-5-3-8-17-14(11)18-10-2-1-6-12(15)18/h11-14,16-17,19H,1-10H2/t11-,12+,13-,14+,15-/m0/s1. The minimum atomic E-state index is -0.473. The fourth-order valence-corrected chi connectivity index (χ4v) is 5.29. The summed E-state index contributed by atoms with van der Waals surface area (Å²) < 4.78 is 0. The van der Waals surface area contributed by atoms with Crippen molar-refractivity contribution in [3.63, 3.8) is 0 Å². The van der Waals surface area contributed by atoms with Crippen molar-refractivity contribution in [2.24, 2.45) is 5.92 Å². The molecule has 4 rings (SSSR count). The topological polar surface area (TPSA) is 47.5 Å². The van der Waals surface area contributed by atoms with Crippen molar-refractivity contribution in [3.05, 3.63) is 0 Å². The summed E-state index contributed by atoms with van der Waals surface area (Å²) >= 11 is 0. The van der Waals surface area contributed by atoms with Crippen LogP contribution in [0.25, 0.3) is 0 Å². The van der Waals surface area contributed by atoms with Gasteiger partial charge in [0.1, 0.15) is 0 Å². The van der Waals surface area contributed by atoms with Crippen LogP contribution in [-0.2, 0) is 0 Å². The highest BCUT2D eigenvalue weighted by molar-refractivity contribution is 5.14. The van der Waals surface area contributed by atoms with Gasteiger partial charge in [0.2, 0.25) is 0 Å². The molecule has 0 bridgehead atoms. The van der Waals surface area contributed by atoms with E-state index in [1.807, 2.05) is 0 Å². The molecular weight excluding hydrogens is 238 g/mol. The van der Waals surface area contributed by atoms with Gasteiger partial charge in [0, 0.05) is 24.5 Å². The van der Waals surface area contributed by atoms with Crippen LogP contribution >= 0.6 is 0 Å². The molecule has 3 N–H and O–H groups in total.